The maximum Gasteiger partial charge on any atom is 0.268 e. The fourth-order valence-corrected chi connectivity index (χ4v) is 8.28. The second-order valence-corrected chi connectivity index (χ2v) is 20.6. The highest BCUT2D eigenvalue weighted by Gasteiger charge is 2.23. The van der Waals surface area contributed by atoms with E-state index in [9.17, 15) is 19.4 Å². The summed E-state index contributed by atoms with van der Waals surface area (Å²) in [6.07, 6.45) is 59.0. The third kappa shape index (κ3) is 48.2. The highest BCUT2D eigenvalue weighted by atomic mass is 31.2. The highest BCUT2D eigenvalue weighted by molar-refractivity contribution is 7.45. The molecule has 0 fully saturated rings. The molecular weight excluding hydrogens is 804 g/mol. The summed E-state index contributed by atoms with van der Waals surface area (Å²) in [5.41, 5.74) is 0. The van der Waals surface area contributed by atoms with Crippen LogP contribution in [0.5, 0.6) is 0 Å². The number of nitrogens with zero attached hydrogens (tertiary/aromatic N) is 1. The van der Waals surface area contributed by atoms with Gasteiger partial charge in [0.15, 0.2) is 0 Å². The zero-order valence-electron chi connectivity index (χ0n) is 42.0. The number of aliphatic hydroxyl groups is 1. The fourth-order valence-electron chi connectivity index (χ4n) is 7.55. The van der Waals surface area contributed by atoms with E-state index in [1.54, 1.807) is 6.08 Å². The average molecular weight is 907 g/mol. The normalized spacial score (nSPS) is 14.5. The van der Waals surface area contributed by atoms with Gasteiger partial charge in [-0.1, -0.05) is 217 Å². The number of allylic oxidation sites excluding steroid dienone is 7. The lowest BCUT2D eigenvalue weighted by molar-refractivity contribution is -0.870. The van der Waals surface area contributed by atoms with Crippen molar-refractivity contribution in [2.24, 2.45) is 0 Å². The number of nitrogens with one attached hydrogen (secondary N) is 1. The van der Waals surface area contributed by atoms with Crippen molar-refractivity contribution in [2.75, 3.05) is 40.9 Å². The van der Waals surface area contributed by atoms with Gasteiger partial charge in [-0.15, -0.1) is 0 Å². The first kappa shape index (κ1) is 61.5. The van der Waals surface area contributed by atoms with Gasteiger partial charge in [0.25, 0.3) is 7.82 Å². The van der Waals surface area contributed by atoms with Crippen molar-refractivity contribution >= 4 is 13.7 Å². The Hall–Kier alpha value is -1.54. The topological polar surface area (TPSA) is 108 Å². The molecule has 0 radical (unpaired) electrons. The van der Waals surface area contributed by atoms with Crippen LogP contribution in [-0.2, 0) is 18.4 Å². The molecule has 0 bridgehead atoms. The highest BCUT2D eigenvalue weighted by Crippen LogP contribution is 2.38. The summed E-state index contributed by atoms with van der Waals surface area (Å²) in [7, 11) is 1.24. The van der Waals surface area contributed by atoms with E-state index in [1.807, 2.05) is 27.2 Å². The first-order chi connectivity index (χ1) is 30.5. The largest absolute Gasteiger partial charge is 0.756 e. The number of quaternary nitrogens is 1. The van der Waals surface area contributed by atoms with Gasteiger partial charge in [0, 0.05) is 6.42 Å². The van der Waals surface area contributed by atoms with Crippen LogP contribution in [0.2, 0.25) is 0 Å². The number of hydrogen-bond acceptors (Lipinski definition) is 6. The smallest absolute Gasteiger partial charge is 0.268 e. The Morgan fingerprint density at radius 2 is 0.937 bits per heavy atom. The second kappa shape index (κ2) is 45.6. The maximum absolute atomic E-state index is 12.9. The summed E-state index contributed by atoms with van der Waals surface area (Å²) in [5.74, 6) is -0.209. The van der Waals surface area contributed by atoms with Gasteiger partial charge in [-0.05, 0) is 64.2 Å². The summed E-state index contributed by atoms with van der Waals surface area (Å²) in [4.78, 5) is 25.4. The molecule has 0 spiro atoms. The van der Waals surface area contributed by atoms with Crippen LogP contribution in [0.1, 0.15) is 239 Å². The average Bonchev–Trinajstić information content (AvgIpc) is 3.24. The van der Waals surface area contributed by atoms with E-state index in [1.165, 1.54) is 173 Å². The quantitative estimate of drug-likeness (QED) is 0.0272. The molecule has 0 aromatic rings. The van der Waals surface area contributed by atoms with E-state index >= 15 is 0 Å². The molecule has 370 valence electrons. The van der Waals surface area contributed by atoms with Crippen molar-refractivity contribution in [2.45, 2.75) is 251 Å². The Morgan fingerprint density at radius 3 is 1.38 bits per heavy atom. The Bertz CT molecular complexity index is 1170. The van der Waals surface area contributed by atoms with Crippen molar-refractivity contribution in [3.8, 4) is 0 Å². The number of unbranched alkanes of at least 4 members (excludes halogenated alkanes) is 29. The molecule has 3 atom stereocenters. The van der Waals surface area contributed by atoms with E-state index in [-0.39, 0.29) is 12.5 Å². The van der Waals surface area contributed by atoms with Crippen molar-refractivity contribution < 1.29 is 32.9 Å². The number of carbonyl (C=O) groups excluding carboxylic acids is 1. The van der Waals surface area contributed by atoms with Crippen molar-refractivity contribution in [3.63, 3.8) is 0 Å². The van der Waals surface area contributed by atoms with Crippen LogP contribution in [0.3, 0.4) is 0 Å². The van der Waals surface area contributed by atoms with Gasteiger partial charge in [0.1, 0.15) is 13.2 Å². The molecular formula is C54H103N2O6P. The lowest BCUT2D eigenvalue weighted by Crippen LogP contribution is -2.45. The molecule has 9 heteroatoms. The van der Waals surface area contributed by atoms with Gasteiger partial charge in [0.05, 0.1) is 39.9 Å². The number of aliphatic hydroxyl groups excluding tert-OH is 1. The summed E-state index contributed by atoms with van der Waals surface area (Å²) in [6.45, 7) is 4.61. The predicted molar refractivity (Wildman–Crippen MR) is 270 cm³/mol. The minimum absolute atomic E-state index is 0.00715. The predicted octanol–water partition coefficient (Wildman–Crippen LogP) is 15.0. The molecule has 2 N–H and O–H groups in total. The molecule has 1 amide bonds. The van der Waals surface area contributed by atoms with Gasteiger partial charge in [0.2, 0.25) is 5.91 Å². The molecule has 63 heavy (non-hydrogen) atoms. The Labute approximate surface area is 390 Å². The lowest BCUT2D eigenvalue weighted by Gasteiger charge is -2.29. The van der Waals surface area contributed by atoms with Gasteiger partial charge >= 0.3 is 0 Å². The number of likely N-dealkylation sites (N-methyl/N-ethyl adjacent to an activating group) is 1. The van der Waals surface area contributed by atoms with Crippen LogP contribution >= 0.6 is 7.82 Å². The summed E-state index contributed by atoms with van der Waals surface area (Å²) in [5, 5.41) is 13.8. The molecule has 0 aliphatic heterocycles. The van der Waals surface area contributed by atoms with Gasteiger partial charge in [-0.25, -0.2) is 0 Å². The molecule has 8 nitrogen and oxygen atoms in total. The maximum atomic E-state index is 12.9. The molecule has 0 saturated carbocycles. The van der Waals surface area contributed by atoms with E-state index in [2.05, 4.69) is 55.6 Å². The Morgan fingerprint density at radius 1 is 0.556 bits per heavy atom. The fraction of sp³-hybridized carbons (Fsp3) is 0.833. The van der Waals surface area contributed by atoms with Gasteiger partial charge in [-0.3, -0.25) is 9.36 Å². The summed E-state index contributed by atoms with van der Waals surface area (Å²) in [6, 6.07) is -0.903. The first-order valence-electron chi connectivity index (χ1n) is 26.5. The van der Waals surface area contributed by atoms with Gasteiger partial charge in [-0.2, -0.15) is 0 Å². The van der Waals surface area contributed by atoms with Crippen LogP contribution < -0.4 is 10.2 Å². The number of carbonyl (C=O) groups is 1. The van der Waals surface area contributed by atoms with Crippen LogP contribution in [0.15, 0.2) is 48.6 Å². The van der Waals surface area contributed by atoms with Crippen LogP contribution in [0, 0.1) is 0 Å². The standard InChI is InChI=1S/C54H103N2O6P/c1-6-8-10-12-14-16-18-20-21-22-23-24-25-26-27-28-29-30-31-32-33-34-35-36-38-40-42-44-46-48-54(58)55-52(51-62-63(59,60)61-50-49-56(3,4)5)53(57)47-45-43-41-39-37-19-17-15-13-11-9-7-2/h23-24,26-27,37,39,45,47,52-53,57H,6-22,25,28-36,38,40-44,46,48-51H2,1-5H3,(H-,55,58,59,60)/b24-23-,27-26-,39-37+,47-45+. The Balaban J connectivity index is 4.13. The third-order valence-electron chi connectivity index (χ3n) is 11.8. The van der Waals surface area contributed by atoms with Crippen LogP contribution in [0.25, 0.3) is 0 Å². The molecule has 0 heterocycles. The van der Waals surface area contributed by atoms with Crippen molar-refractivity contribution in [1.29, 1.82) is 0 Å². The number of rotatable bonds is 48. The Kier molecular flexibility index (Phi) is 44.5. The van der Waals surface area contributed by atoms with E-state index in [0.29, 0.717) is 17.4 Å². The zero-order valence-corrected chi connectivity index (χ0v) is 42.9. The van der Waals surface area contributed by atoms with Gasteiger partial charge < -0.3 is 28.8 Å². The number of phosphoric ester groups is 1. The van der Waals surface area contributed by atoms with Crippen molar-refractivity contribution in [1.82, 2.24) is 5.32 Å². The SMILES string of the molecule is CCCCCCCC/C=C/CC/C=C/C(O)C(COP(=O)([O-])OCC[N+](C)(C)C)NC(=O)CCCCCCCCCCCCCCC/C=C\C/C=C\CCCCCCCCCCC. The third-order valence-corrected chi connectivity index (χ3v) is 12.7. The summed E-state index contributed by atoms with van der Waals surface area (Å²) >= 11 is 0. The minimum Gasteiger partial charge on any atom is -0.756 e. The van der Waals surface area contributed by atoms with E-state index < -0.39 is 26.6 Å². The number of phosphoric acid groups is 1. The molecule has 0 aromatic heterocycles. The van der Waals surface area contributed by atoms with Crippen LogP contribution in [0.4, 0.5) is 0 Å². The van der Waals surface area contributed by atoms with Crippen LogP contribution in [-0.4, -0.2) is 68.5 Å². The first-order valence-corrected chi connectivity index (χ1v) is 28.0. The number of hydrogen-bond donors (Lipinski definition) is 2. The number of amides is 1. The molecule has 3 unspecified atom stereocenters. The van der Waals surface area contributed by atoms with Crippen molar-refractivity contribution in [3.05, 3.63) is 48.6 Å². The second-order valence-electron chi connectivity index (χ2n) is 19.2. The molecule has 0 aromatic carbocycles. The zero-order chi connectivity index (χ0) is 46.4. The van der Waals surface area contributed by atoms with E-state index in [4.69, 9.17) is 9.05 Å². The molecule has 0 rings (SSSR count). The molecule has 0 saturated heterocycles. The lowest BCUT2D eigenvalue weighted by atomic mass is 10.0. The summed E-state index contributed by atoms with van der Waals surface area (Å²) < 4.78 is 23.2. The monoisotopic (exact) mass is 907 g/mol. The molecule has 0 aliphatic carbocycles. The molecule has 0 aliphatic rings. The minimum atomic E-state index is -4.60. The van der Waals surface area contributed by atoms with E-state index in [0.717, 1.165) is 44.9 Å².